The zero-order chi connectivity index (χ0) is 20.4. The highest BCUT2D eigenvalue weighted by Gasteiger charge is 2.08. The lowest BCUT2D eigenvalue weighted by Gasteiger charge is -2.10. The quantitative estimate of drug-likeness (QED) is 0.579. The number of carbonyl (C=O) groups is 2. The predicted molar refractivity (Wildman–Crippen MR) is 105 cm³/mol. The van der Waals surface area contributed by atoms with Crippen LogP contribution in [0, 0.1) is 12.7 Å². The maximum atomic E-state index is 13.5. The van der Waals surface area contributed by atoms with Crippen molar-refractivity contribution in [3.05, 3.63) is 70.5 Å². The minimum absolute atomic E-state index is 0.244. The van der Waals surface area contributed by atoms with Crippen molar-refractivity contribution in [1.82, 2.24) is 16.0 Å². The summed E-state index contributed by atoms with van der Waals surface area (Å²) in [6.07, 6.45) is 0. The fraction of sp³-hybridized carbons (Fsp3) is 0.333. The maximum Gasteiger partial charge on any atom is 0.315 e. The number of hydrogen-bond donors (Lipinski definition) is 3. The minimum Gasteiger partial charge on any atom is -0.377 e. The van der Waals surface area contributed by atoms with E-state index < -0.39 is 5.82 Å². The van der Waals surface area contributed by atoms with Crippen LogP contribution in [0.5, 0.6) is 0 Å². The molecule has 0 aliphatic rings. The third-order valence-corrected chi connectivity index (χ3v) is 4.08. The van der Waals surface area contributed by atoms with Gasteiger partial charge in [-0.3, -0.25) is 4.79 Å². The highest BCUT2D eigenvalue weighted by molar-refractivity contribution is 5.94. The summed E-state index contributed by atoms with van der Waals surface area (Å²) in [5, 5.41) is 8.05. The number of benzene rings is 2. The van der Waals surface area contributed by atoms with Gasteiger partial charge in [0.05, 0.1) is 6.61 Å². The topological polar surface area (TPSA) is 79.5 Å². The fourth-order valence-electron chi connectivity index (χ4n) is 2.41. The van der Waals surface area contributed by atoms with Gasteiger partial charge in [-0.2, -0.15) is 0 Å². The summed E-state index contributed by atoms with van der Waals surface area (Å²) in [4.78, 5) is 23.8. The molecule has 0 spiro atoms. The van der Waals surface area contributed by atoms with Gasteiger partial charge in [-0.25, -0.2) is 9.18 Å². The molecule has 3 N–H and O–H groups in total. The van der Waals surface area contributed by atoms with Crippen LogP contribution in [0.2, 0.25) is 0 Å². The molecule has 0 fully saturated rings. The first-order valence-corrected chi connectivity index (χ1v) is 9.21. The van der Waals surface area contributed by atoms with Crippen molar-refractivity contribution in [3.8, 4) is 0 Å². The number of aryl methyl sites for hydroxylation is 1. The molecule has 2 aromatic rings. The van der Waals surface area contributed by atoms with E-state index >= 15 is 0 Å². The van der Waals surface area contributed by atoms with Crippen LogP contribution in [0.25, 0.3) is 0 Å². The summed E-state index contributed by atoms with van der Waals surface area (Å²) < 4.78 is 18.8. The zero-order valence-corrected chi connectivity index (χ0v) is 16.2. The fourth-order valence-corrected chi connectivity index (χ4v) is 2.41. The highest BCUT2D eigenvalue weighted by Crippen LogP contribution is 2.09. The molecule has 0 unspecified atom stereocenters. The van der Waals surface area contributed by atoms with E-state index in [0.29, 0.717) is 25.3 Å². The molecule has 0 aromatic heterocycles. The van der Waals surface area contributed by atoms with Gasteiger partial charge in [0.15, 0.2) is 0 Å². The summed E-state index contributed by atoms with van der Waals surface area (Å²) >= 11 is 0. The molecule has 0 heterocycles. The second kappa shape index (κ2) is 11.0. The van der Waals surface area contributed by atoms with Gasteiger partial charge in [-0.05, 0) is 42.7 Å². The molecule has 0 aliphatic heterocycles. The lowest BCUT2D eigenvalue weighted by molar-refractivity contribution is 0.0953. The van der Waals surface area contributed by atoms with Crippen LogP contribution in [-0.2, 0) is 17.9 Å². The summed E-state index contributed by atoms with van der Waals surface area (Å²) in [6.45, 7) is 5.74. The van der Waals surface area contributed by atoms with Gasteiger partial charge in [0.25, 0.3) is 5.91 Å². The van der Waals surface area contributed by atoms with Gasteiger partial charge in [0.2, 0.25) is 0 Å². The van der Waals surface area contributed by atoms with Crippen LogP contribution in [0.15, 0.2) is 42.5 Å². The molecule has 0 bridgehead atoms. The number of rotatable bonds is 9. The minimum atomic E-state index is -0.420. The smallest absolute Gasteiger partial charge is 0.315 e. The Hall–Kier alpha value is -2.93. The third kappa shape index (κ3) is 7.00. The summed E-state index contributed by atoms with van der Waals surface area (Å²) in [5.41, 5.74) is 2.79. The van der Waals surface area contributed by atoms with Gasteiger partial charge < -0.3 is 20.7 Å². The Morgan fingerprint density at radius 1 is 0.964 bits per heavy atom. The molecule has 2 rings (SSSR count). The molecule has 0 saturated heterocycles. The van der Waals surface area contributed by atoms with Crippen molar-refractivity contribution in [3.63, 3.8) is 0 Å². The van der Waals surface area contributed by atoms with Crippen LogP contribution >= 0.6 is 0 Å². The summed E-state index contributed by atoms with van der Waals surface area (Å²) in [5.74, 6) is -0.802. The van der Waals surface area contributed by atoms with Gasteiger partial charge in [-0.15, -0.1) is 0 Å². The second-order valence-electron chi connectivity index (χ2n) is 6.28. The standard InChI is InChI=1S/C21H26FN3O3/c1-3-28-14-17-7-5-16(6-8-17)13-25-21(27)24-11-10-23-20(26)18-9-4-15(2)19(22)12-18/h4-9,12H,3,10-11,13-14H2,1-2H3,(H,23,26)(H2,24,25,27). The van der Waals surface area contributed by atoms with E-state index in [0.717, 1.165) is 11.1 Å². The Kier molecular flexibility index (Phi) is 8.42. The van der Waals surface area contributed by atoms with Crippen LogP contribution < -0.4 is 16.0 Å². The SMILES string of the molecule is CCOCc1ccc(CNC(=O)NCCNC(=O)c2ccc(C)c(F)c2)cc1. The normalized spacial score (nSPS) is 10.4. The van der Waals surface area contributed by atoms with E-state index in [1.165, 1.54) is 6.07 Å². The molecule has 150 valence electrons. The van der Waals surface area contributed by atoms with Crippen molar-refractivity contribution in [2.45, 2.75) is 27.0 Å². The molecule has 3 amide bonds. The highest BCUT2D eigenvalue weighted by atomic mass is 19.1. The Bertz CT molecular complexity index is 794. The number of nitrogens with one attached hydrogen (secondary N) is 3. The number of ether oxygens (including phenoxy) is 1. The number of halogens is 1. The van der Waals surface area contributed by atoms with E-state index in [-0.39, 0.29) is 30.6 Å². The van der Waals surface area contributed by atoms with Gasteiger partial charge in [-0.1, -0.05) is 30.3 Å². The number of amides is 3. The van der Waals surface area contributed by atoms with E-state index in [4.69, 9.17) is 4.74 Å². The average Bonchev–Trinajstić information content (AvgIpc) is 2.70. The number of carbonyl (C=O) groups excluding carboxylic acids is 2. The number of hydrogen-bond acceptors (Lipinski definition) is 3. The lowest BCUT2D eigenvalue weighted by Crippen LogP contribution is -2.40. The Balaban J connectivity index is 1.64. The number of urea groups is 1. The summed E-state index contributed by atoms with van der Waals surface area (Å²) in [7, 11) is 0. The van der Waals surface area contributed by atoms with Gasteiger partial charge >= 0.3 is 6.03 Å². The molecule has 0 saturated carbocycles. The second-order valence-corrected chi connectivity index (χ2v) is 6.28. The molecule has 7 heteroatoms. The molecule has 6 nitrogen and oxygen atoms in total. The average molecular weight is 387 g/mol. The molecule has 0 radical (unpaired) electrons. The molecule has 2 aromatic carbocycles. The maximum absolute atomic E-state index is 13.5. The zero-order valence-electron chi connectivity index (χ0n) is 16.2. The van der Waals surface area contributed by atoms with E-state index in [1.54, 1.807) is 19.1 Å². The van der Waals surface area contributed by atoms with Crippen molar-refractivity contribution < 1.29 is 18.7 Å². The lowest BCUT2D eigenvalue weighted by atomic mass is 10.1. The van der Waals surface area contributed by atoms with Crippen molar-refractivity contribution in [2.75, 3.05) is 19.7 Å². The van der Waals surface area contributed by atoms with E-state index in [1.807, 2.05) is 31.2 Å². The third-order valence-electron chi connectivity index (χ3n) is 4.08. The van der Waals surface area contributed by atoms with E-state index in [2.05, 4.69) is 16.0 Å². The van der Waals surface area contributed by atoms with Crippen molar-refractivity contribution in [1.29, 1.82) is 0 Å². The first-order chi connectivity index (χ1) is 13.5. The van der Waals surface area contributed by atoms with Gasteiger partial charge in [0, 0.05) is 31.8 Å². The van der Waals surface area contributed by atoms with Crippen LogP contribution in [-0.4, -0.2) is 31.6 Å². The Labute approximate surface area is 164 Å². The van der Waals surface area contributed by atoms with Crippen LogP contribution in [0.4, 0.5) is 9.18 Å². The molecule has 0 aliphatic carbocycles. The molecule has 28 heavy (non-hydrogen) atoms. The largest absolute Gasteiger partial charge is 0.377 e. The predicted octanol–water partition coefficient (Wildman–Crippen LogP) is 2.90. The monoisotopic (exact) mass is 387 g/mol. The summed E-state index contributed by atoms with van der Waals surface area (Å²) in [6, 6.07) is 11.8. The van der Waals surface area contributed by atoms with Crippen LogP contribution in [0.1, 0.15) is 34.0 Å². The van der Waals surface area contributed by atoms with E-state index in [9.17, 15) is 14.0 Å². The Morgan fingerprint density at radius 2 is 1.64 bits per heavy atom. The molecular weight excluding hydrogens is 361 g/mol. The molecular formula is C21H26FN3O3. The first kappa shape index (κ1) is 21.4. The van der Waals surface area contributed by atoms with Crippen LogP contribution in [0.3, 0.4) is 0 Å². The Morgan fingerprint density at radius 3 is 2.32 bits per heavy atom. The molecule has 0 atom stereocenters. The van der Waals surface area contributed by atoms with Crippen molar-refractivity contribution >= 4 is 11.9 Å². The first-order valence-electron chi connectivity index (χ1n) is 9.21. The van der Waals surface area contributed by atoms with Crippen molar-refractivity contribution in [2.24, 2.45) is 0 Å². The van der Waals surface area contributed by atoms with Gasteiger partial charge in [0.1, 0.15) is 5.82 Å².